The van der Waals surface area contributed by atoms with Crippen molar-refractivity contribution in [3.05, 3.63) is 36.5 Å². The molecule has 1 amide bonds. The van der Waals surface area contributed by atoms with Gasteiger partial charge in [0.25, 0.3) is 0 Å². The SMILES string of the molecule is CCCCC/C=C\C/C=C\CCCCCCCCCC(=O)OCCCCCCCC/C=C\CCCCCCCCCC(=O)NC(CO)C(O)CCCCCCCCCCCCCCCCCCCCCCC. The Morgan fingerprint density at radius 2 is 0.694 bits per heavy atom. The molecule has 2 unspecified atom stereocenters. The number of aliphatic hydroxyl groups is 2. The van der Waals surface area contributed by atoms with Gasteiger partial charge in [-0.05, 0) is 83.5 Å². The largest absolute Gasteiger partial charge is 0.466 e. The first-order valence-corrected chi connectivity index (χ1v) is 32.2. The van der Waals surface area contributed by atoms with Gasteiger partial charge in [-0.1, -0.05) is 288 Å². The second-order valence-corrected chi connectivity index (χ2v) is 22.1. The van der Waals surface area contributed by atoms with E-state index in [1.165, 1.54) is 250 Å². The van der Waals surface area contributed by atoms with Gasteiger partial charge in [0.1, 0.15) is 0 Å². The van der Waals surface area contributed by atoms with Gasteiger partial charge in [0, 0.05) is 12.8 Å². The number of carbonyl (C=O) groups is 2. The van der Waals surface area contributed by atoms with E-state index in [-0.39, 0.29) is 18.5 Å². The minimum atomic E-state index is -0.674. The van der Waals surface area contributed by atoms with Crippen molar-refractivity contribution >= 4 is 11.9 Å². The number of aliphatic hydroxyl groups excluding tert-OH is 2. The molecule has 0 aliphatic heterocycles. The van der Waals surface area contributed by atoms with Crippen LogP contribution in [0.15, 0.2) is 36.5 Å². The maximum atomic E-state index is 12.5. The number of rotatable bonds is 60. The van der Waals surface area contributed by atoms with Crippen LogP contribution in [0.4, 0.5) is 0 Å². The number of ether oxygens (including phenoxy) is 1. The molecule has 6 nitrogen and oxygen atoms in total. The lowest BCUT2D eigenvalue weighted by atomic mass is 10.0. The van der Waals surface area contributed by atoms with E-state index in [1.54, 1.807) is 0 Å². The van der Waals surface area contributed by atoms with Crippen molar-refractivity contribution in [3.63, 3.8) is 0 Å². The highest BCUT2D eigenvalue weighted by Gasteiger charge is 2.20. The molecule has 6 heteroatoms. The number of unbranched alkanes of at least 4 members (excludes halogenated alkanes) is 43. The van der Waals surface area contributed by atoms with Crippen LogP contribution in [0, 0.1) is 0 Å². The van der Waals surface area contributed by atoms with Gasteiger partial charge in [0.2, 0.25) is 5.91 Å². The minimum absolute atomic E-state index is 0.00902. The summed E-state index contributed by atoms with van der Waals surface area (Å²) in [6.45, 7) is 4.93. The normalized spacial score (nSPS) is 12.8. The standard InChI is InChI=1S/C66H125NO5/c1-3-5-7-9-11-13-15-17-19-21-22-23-24-27-30-34-38-42-46-50-54-58-64(69)63(62-68)67-65(70)59-55-51-47-43-39-35-31-28-25-29-33-37-41-45-49-53-57-61-72-66(71)60-56-52-48-44-40-36-32-26-20-18-16-14-12-10-8-6-4-2/h12,14,18,20,25,29,63-64,68-69H,3-11,13,15-17,19,21-24,26-28,30-62H2,1-2H3,(H,67,70)/b14-12-,20-18-,29-25-. The number of hydrogen-bond donors (Lipinski definition) is 3. The third-order valence-corrected chi connectivity index (χ3v) is 14.9. The van der Waals surface area contributed by atoms with Crippen LogP contribution in [0.25, 0.3) is 0 Å². The van der Waals surface area contributed by atoms with Crippen molar-refractivity contribution in [2.75, 3.05) is 13.2 Å². The highest BCUT2D eigenvalue weighted by molar-refractivity contribution is 5.76. The number of esters is 1. The van der Waals surface area contributed by atoms with Gasteiger partial charge in [-0.2, -0.15) is 0 Å². The topological polar surface area (TPSA) is 95.9 Å². The van der Waals surface area contributed by atoms with Gasteiger partial charge in [-0.15, -0.1) is 0 Å². The Bertz CT molecular complexity index is 1170. The third-order valence-electron chi connectivity index (χ3n) is 14.9. The highest BCUT2D eigenvalue weighted by Crippen LogP contribution is 2.18. The third kappa shape index (κ3) is 57.4. The van der Waals surface area contributed by atoms with Crippen LogP contribution >= 0.6 is 0 Å². The lowest BCUT2D eigenvalue weighted by Crippen LogP contribution is -2.45. The molecule has 0 aromatic heterocycles. The summed E-state index contributed by atoms with van der Waals surface area (Å²) >= 11 is 0. The van der Waals surface area contributed by atoms with E-state index in [0.717, 1.165) is 64.2 Å². The van der Waals surface area contributed by atoms with Crippen LogP contribution in [0.3, 0.4) is 0 Å². The molecule has 2 atom stereocenters. The second-order valence-electron chi connectivity index (χ2n) is 22.1. The summed E-state index contributed by atoms with van der Waals surface area (Å²) in [5.74, 6) is -0.0534. The zero-order chi connectivity index (χ0) is 52.2. The van der Waals surface area contributed by atoms with Gasteiger partial charge in [-0.25, -0.2) is 0 Å². The molecule has 72 heavy (non-hydrogen) atoms. The monoisotopic (exact) mass is 1010 g/mol. The molecular formula is C66H125NO5. The van der Waals surface area contributed by atoms with Crippen LogP contribution in [-0.4, -0.2) is 47.4 Å². The van der Waals surface area contributed by atoms with Gasteiger partial charge in [0.05, 0.1) is 25.4 Å². The smallest absolute Gasteiger partial charge is 0.305 e. The quantitative estimate of drug-likeness (QED) is 0.0320. The summed E-state index contributed by atoms with van der Waals surface area (Å²) in [6, 6.07) is -0.552. The van der Waals surface area contributed by atoms with E-state index in [9.17, 15) is 19.8 Å². The fourth-order valence-corrected chi connectivity index (χ4v) is 9.96. The Morgan fingerprint density at radius 1 is 0.389 bits per heavy atom. The van der Waals surface area contributed by atoms with E-state index in [4.69, 9.17) is 4.74 Å². The molecule has 3 N–H and O–H groups in total. The van der Waals surface area contributed by atoms with Gasteiger partial charge in [0.15, 0.2) is 0 Å². The van der Waals surface area contributed by atoms with E-state index < -0.39 is 12.1 Å². The first-order chi connectivity index (χ1) is 35.5. The summed E-state index contributed by atoms with van der Waals surface area (Å²) in [6.07, 6.45) is 77.2. The van der Waals surface area contributed by atoms with Crippen LogP contribution in [-0.2, 0) is 14.3 Å². The van der Waals surface area contributed by atoms with Gasteiger partial charge in [-0.3, -0.25) is 9.59 Å². The molecule has 0 bridgehead atoms. The summed E-state index contributed by atoms with van der Waals surface area (Å²) in [5.41, 5.74) is 0. The molecule has 424 valence electrons. The van der Waals surface area contributed by atoms with Crippen molar-refractivity contribution < 1.29 is 24.5 Å². The maximum Gasteiger partial charge on any atom is 0.305 e. The van der Waals surface area contributed by atoms with E-state index in [2.05, 4.69) is 55.6 Å². The average molecular weight is 1010 g/mol. The first-order valence-electron chi connectivity index (χ1n) is 32.2. The molecule has 0 aromatic rings. The van der Waals surface area contributed by atoms with E-state index in [1.807, 2.05) is 0 Å². The number of hydrogen-bond acceptors (Lipinski definition) is 5. The molecule has 0 aromatic carbocycles. The van der Waals surface area contributed by atoms with Crippen molar-refractivity contribution in [2.45, 2.75) is 360 Å². The molecule has 0 saturated carbocycles. The highest BCUT2D eigenvalue weighted by atomic mass is 16.5. The number of nitrogens with one attached hydrogen (secondary N) is 1. The number of allylic oxidation sites excluding steroid dienone is 6. The van der Waals surface area contributed by atoms with Crippen molar-refractivity contribution in [1.29, 1.82) is 0 Å². The lowest BCUT2D eigenvalue weighted by Gasteiger charge is -2.22. The Morgan fingerprint density at radius 3 is 1.10 bits per heavy atom. The fourth-order valence-electron chi connectivity index (χ4n) is 9.96. The molecule has 0 saturated heterocycles. The van der Waals surface area contributed by atoms with Crippen LogP contribution in [0.1, 0.15) is 348 Å². The molecule has 0 spiro atoms. The lowest BCUT2D eigenvalue weighted by molar-refractivity contribution is -0.143. The molecule has 0 aliphatic rings. The van der Waals surface area contributed by atoms with Crippen LogP contribution in [0.5, 0.6) is 0 Å². The Kier molecular flexibility index (Phi) is 60.0. The fraction of sp³-hybridized carbons (Fsp3) is 0.879. The van der Waals surface area contributed by atoms with E-state index >= 15 is 0 Å². The Balaban J connectivity index is 3.45. The zero-order valence-corrected chi connectivity index (χ0v) is 48.4. The minimum Gasteiger partial charge on any atom is -0.466 e. The molecule has 0 aliphatic carbocycles. The van der Waals surface area contributed by atoms with Crippen LogP contribution < -0.4 is 5.32 Å². The zero-order valence-electron chi connectivity index (χ0n) is 48.4. The summed E-state index contributed by atoms with van der Waals surface area (Å²) < 4.78 is 5.48. The molecule has 0 radical (unpaired) electrons. The first kappa shape index (κ1) is 70.1. The van der Waals surface area contributed by atoms with Crippen molar-refractivity contribution in [2.24, 2.45) is 0 Å². The summed E-state index contributed by atoms with van der Waals surface area (Å²) in [5, 5.41) is 23.4. The Hall–Kier alpha value is -1.92. The second kappa shape index (κ2) is 61.6. The van der Waals surface area contributed by atoms with Gasteiger partial charge >= 0.3 is 5.97 Å². The Labute approximate surface area is 449 Å². The predicted molar refractivity (Wildman–Crippen MR) is 315 cm³/mol. The van der Waals surface area contributed by atoms with Gasteiger partial charge < -0.3 is 20.3 Å². The molecular weight excluding hydrogens is 887 g/mol. The van der Waals surface area contributed by atoms with E-state index in [0.29, 0.717) is 25.9 Å². The molecule has 0 fully saturated rings. The van der Waals surface area contributed by atoms with Crippen LogP contribution in [0.2, 0.25) is 0 Å². The average Bonchev–Trinajstić information content (AvgIpc) is 3.38. The molecule has 0 heterocycles. The maximum absolute atomic E-state index is 12.5. The van der Waals surface area contributed by atoms with Crippen molar-refractivity contribution in [3.8, 4) is 0 Å². The summed E-state index contributed by atoms with van der Waals surface area (Å²) in [7, 11) is 0. The molecule has 0 rings (SSSR count). The predicted octanol–water partition coefficient (Wildman–Crippen LogP) is 20.4. The van der Waals surface area contributed by atoms with Crippen molar-refractivity contribution in [1.82, 2.24) is 5.32 Å². The summed E-state index contributed by atoms with van der Waals surface area (Å²) in [4.78, 5) is 24.6. The number of amides is 1. The number of carbonyl (C=O) groups excluding carboxylic acids is 2.